The fraction of sp³-hybridized carbons (Fsp3) is 0.222. The number of para-hydroxylation sites is 1. The van der Waals surface area contributed by atoms with Crippen LogP contribution in [0.25, 0.3) is 22.2 Å². The molecule has 6 nitrogen and oxygen atoms in total. The summed E-state index contributed by atoms with van der Waals surface area (Å²) >= 11 is 1.39. The number of hydrogen-bond acceptors (Lipinski definition) is 7. The molecule has 1 unspecified atom stereocenters. The third-order valence-corrected chi connectivity index (χ3v) is 5.27. The number of rotatable bonds is 3. The van der Waals surface area contributed by atoms with Crippen molar-refractivity contribution in [2.45, 2.75) is 23.6 Å². The molecule has 1 aliphatic rings. The summed E-state index contributed by atoms with van der Waals surface area (Å²) in [6.45, 7) is 2.16. The Labute approximate surface area is 148 Å². The van der Waals surface area contributed by atoms with Gasteiger partial charge < -0.3 is 10.5 Å². The number of thioether (sulfide) groups is 1. The van der Waals surface area contributed by atoms with Crippen molar-refractivity contribution in [2.75, 3.05) is 12.3 Å². The Morgan fingerprint density at radius 3 is 3.00 bits per heavy atom. The van der Waals surface area contributed by atoms with Gasteiger partial charge >= 0.3 is 5.97 Å². The monoisotopic (exact) mass is 352 g/mol. The first-order valence-corrected chi connectivity index (χ1v) is 8.89. The number of carbonyl (C=O) groups excluding carboxylic acids is 1. The average Bonchev–Trinajstić information content (AvgIpc) is 3.05. The van der Waals surface area contributed by atoms with E-state index in [1.54, 1.807) is 13.1 Å². The Kier molecular flexibility index (Phi) is 4.01. The number of fused-ring (bicyclic) bond motifs is 2. The van der Waals surface area contributed by atoms with Crippen LogP contribution in [0.5, 0.6) is 0 Å². The molecule has 4 rings (SSSR count). The summed E-state index contributed by atoms with van der Waals surface area (Å²) in [6.07, 6.45) is 2.28. The Bertz CT molecular complexity index is 971. The fourth-order valence-electron chi connectivity index (χ4n) is 3.01. The molecule has 0 saturated carbocycles. The lowest BCUT2D eigenvalue weighted by atomic mass is 10.0. The number of esters is 1. The van der Waals surface area contributed by atoms with E-state index >= 15 is 0 Å². The summed E-state index contributed by atoms with van der Waals surface area (Å²) in [6, 6.07) is 9.85. The maximum atomic E-state index is 12.1. The SMILES string of the molecule is CCOC(=O)C1Cc2c(nc(N)nc2-c2cccc3cccnc23)S1. The number of anilines is 1. The van der Waals surface area contributed by atoms with E-state index in [0.717, 1.165) is 32.7 Å². The van der Waals surface area contributed by atoms with E-state index < -0.39 is 0 Å². The predicted octanol–water partition coefficient (Wildman–Crippen LogP) is 2.85. The molecule has 1 aliphatic heterocycles. The summed E-state index contributed by atoms with van der Waals surface area (Å²) in [5.41, 5.74) is 9.34. The average molecular weight is 352 g/mol. The molecular weight excluding hydrogens is 336 g/mol. The molecule has 3 heterocycles. The molecule has 7 heteroatoms. The van der Waals surface area contributed by atoms with Crippen LogP contribution in [0.15, 0.2) is 41.6 Å². The molecule has 0 amide bonds. The van der Waals surface area contributed by atoms with Gasteiger partial charge in [0.1, 0.15) is 10.3 Å². The first-order valence-electron chi connectivity index (χ1n) is 8.01. The van der Waals surface area contributed by atoms with Gasteiger partial charge in [0.2, 0.25) is 5.95 Å². The zero-order chi connectivity index (χ0) is 17.4. The van der Waals surface area contributed by atoms with Gasteiger partial charge in [0.25, 0.3) is 0 Å². The first kappa shape index (κ1) is 15.8. The maximum absolute atomic E-state index is 12.1. The highest BCUT2D eigenvalue weighted by atomic mass is 32.2. The first-order chi connectivity index (χ1) is 12.2. The second-order valence-corrected chi connectivity index (χ2v) is 6.85. The number of ether oxygens (including phenoxy) is 1. The van der Waals surface area contributed by atoms with Crippen LogP contribution in [0.3, 0.4) is 0 Å². The topological polar surface area (TPSA) is 91.0 Å². The molecule has 2 aromatic heterocycles. The highest BCUT2D eigenvalue weighted by Gasteiger charge is 2.34. The van der Waals surface area contributed by atoms with Crippen LogP contribution in [0.4, 0.5) is 5.95 Å². The van der Waals surface area contributed by atoms with Crippen molar-refractivity contribution in [3.05, 3.63) is 42.1 Å². The standard InChI is InChI=1S/C18H16N4O2S/c1-2-24-17(23)13-9-12-15(21-18(19)22-16(12)25-13)11-7-3-5-10-6-4-8-20-14(10)11/h3-8,13H,2,9H2,1H3,(H2,19,21,22). The second-order valence-electron chi connectivity index (χ2n) is 5.66. The van der Waals surface area contributed by atoms with Crippen molar-refractivity contribution >= 4 is 34.6 Å². The molecule has 1 aromatic carbocycles. The van der Waals surface area contributed by atoms with Crippen molar-refractivity contribution in [1.82, 2.24) is 15.0 Å². The van der Waals surface area contributed by atoms with Gasteiger partial charge in [-0.15, -0.1) is 0 Å². The lowest BCUT2D eigenvalue weighted by Gasteiger charge is -2.10. The number of nitrogens with zero attached hydrogens (tertiary/aromatic N) is 3. The van der Waals surface area contributed by atoms with Gasteiger partial charge in [0, 0.05) is 29.1 Å². The third-order valence-electron chi connectivity index (χ3n) is 4.07. The van der Waals surface area contributed by atoms with Gasteiger partial charge in [-0.3, -0.25) is 9.78 Å². The Hall–Kier alpha value is -2.67. The molecule has 126 valence electrons. The normalized spacial score (nSPS) is 16.0. The maximum Gasteiger partial charge on any atom is 0.319 e. The highest BCUT2D eigenvalue weighted by Crippen LogP contribution is 2.42. The van der Waals surface area contributed by atoms with Crippen LogP contribution in [0, 0.1) is 0 Å². The molecule has 0 spiro atoms. The molecule has 0 saturated heterocycles. The number of benzene rings is 1. The molecule has 0 radical (unpaired) electrons. The van der Waals surface area contributed by atoms with E-state index in [1.807, 2.05) is 30.3 Å². The van der Waals surface area contributed by atoms with Crippen molar-refractivity contribution in [2.24, 2.45) is 0 Å². The summed E-state index contributed by atoms with van der Waals surface area (Å²) in [7, 11) is 0. The van der Waals surface area contributed by atoms with Gasteiger partial charge in [-0.25, -0.2) is 9.97 Å². The molecule has 3 aromatic rings. The lowest BCUT2D eigenvalue weighted by molar-refractivity contribution is -0.142. The Morgan fingerprint density at radius 1 is 1.32 bits per heavy atom. The van der Waals surface area contributed by atoms with Gasteiger partial charge in [-0.2, -0.15) is 0 Å². The Balaban J connectivity index is 1.84. The van der Waals surface area contributed by atoms with Crippen molar-refractivity contribution in [3.8, 4) is 11.3 Å². The molecule has 2 N–H and O–H groups in total. The fourth-order valence-corrected chi connectivity index (χ4v) is 4.16. The zero-order valence-electron chi connectivity index (χ0n) is 13.6. The minimum atomic E-state index is -0.312. The molecule has 25 heavy (non-hydrogen) atoms. The summed E-state index contributed by atoms with van der Waals surface area (Å²) in [4.78, 5) is 25.4. The predicted molar refractivity (Wildman–Crippen MR) is 97.2 cm³/mol. The number of pyridine rings is 1. The van der Waals surface area contributed by atoms with E-state index in [4.69, 9.17) is 10.5 Å². The number of nitrogens with two attached hydrogens (primary N) is 1. The van der Waals surface area contributed by atoms with E-state index in [0.29, 0.717) is 13.0 Å². The molecule has 0 bridgehead atoms. The smallest absolute Gasteiger partial charge is 0.319 e. The second kappa shape index (κ2) is 6.33. The molecule has 0 aliphatic carbocycles. The quantitative estimate of drug-likeness (QED) is 0.572. The van der Waals surface area contributed by atoms with Crippen LogP contribution in [0.2, 0.25) is 0 Å². The van der Waals surface area contributed by atoms with Crippen LogP contribution < -0.4 is 5.73 Å². The van der Waals surface area contributed by atoms with Gasteiger partial charge in [0.05, 0.1) is 17.8 Å². The minimum Gasteiger partial charge on any atom is -0.465 e. The Morgan fingerprint density at radius 2 is 2.16 bits per heavy atom. The zero-order valence-corrected chi connectivity index (χ0v) is 14.4. The van der Waals surface area contributed by atoms with Gasteiger partial charge in [-0.1, -0.05) is 36.0 Å². The van der Waals surface area contributed by atoms with E-state index in [-0.39, 0.29) is 17.2 Å². The number of carbonyl (C=O) groups is 1. The van der Waals surface area contributed by atoms with Crippen LogP contribution in [-0.2, 0) is 16.0 Å². The van der Waals surface area contributed by atoms with Crippen LogP contribution in [0.1, 0.15) is 12.5 Å². The van der Waals surface area contributed by atoms with E-state index in [1.165, 1.54) is 11.8 Å². The number of aromatic nitrogens is 3. The number of nitrogen functional groups attached to an aromatic ring is 1. The van der Waals surface area contributed by atoms with Crippen LogP contribution in [-0.4, -0.2) is 32.8 Å². The summed E-state index contributed by atoms with van der Waals surface area (Å²) in [5.74, 6) is -0.0373. The van der Waals surface area contributed by atoms with Crippen molar-refractivity contribution in [1.29, 1.82) is 0 Å². The highest BCUT2D eigenvalue weighted by molar-refractivity contribution is 8.00. The molecule has 0 fully saturated rings. The van der Waals surface area contributed by atoms with E-state index in [9.17, 15) is 4.79 Å². The minimum absolute atomic E-state index is 0.193. The third kappa shape index (κ3) is 2.80. The van der Waals surface area contributed by atoms with Gasteiger partial charge in [0.15, 0.2) is 0 Å². The summed E-state index contributed by atoms with van der Waals surface area (Å²) < 4.78 is 5.15. The molecular formula is C18H16N4O2S. The van der Waals surface area contributed by atoms with Crippen molar-refractivity contribution in [3.63, 3.8) is 0 Å². The van der Waals surface area contributed by atoms with E-state index in [2.05, 4.69) is 15.0 Å². The largest absolute Gasteiger partial charge is 0.465 e. The summed E-state index contributed by atoms with van der Waals surface area (Å²) in [5, 5.41) is 1.46. The van der Waals surface area contributed by atoms with Crippen LogP contribution >= 0.6 is 11.8 Å². The molecule has 1 atom stereocenters. The lowest BCUT2D eigenvalue weighted by Crippen LogP contribution is -2.19. The van der Waals surface area contributed by atoms with Gasteiger partial charge in [-0.05, 0) is 13.0 Å². The van der Waals surface area contributed by atoms with Crippen molar-refractivity contribution < 1.29 is 9.53 Å². The number of hydrogen-bond donors (Lipinski definition) is 1.